The maximum absolute atomic E-state index is 5.48. The summed E-state index contributed by atoms with van der Waals surface area (Å²) in [6.07, 6.45) is 2.31. The number of methoxy groups -OCH3 is 1. The van der Waals surface area contributed by atoms with E-state index in [9.17, 15) is 0 Å². The van der Waals surface area contributed by atoms with Crippen LogP contribution in [-0.2, 0) is 0 Å². The van der Waals surface area contributed by atoms with E-state index in [1.807, 2.05) is 7.05 Å². The molecule has 0 aliphatic rings. The zero-order valence-corrected chi connectivity index (χ0v) is 12.6. The third-order valence-electron chi connectivity index (χ3n) is 3.29. The van der Waals surface area contributed by atoms with Crippen molar-refractivity contribution in [2.45, 2.75) is 46.6 Å². The number of ether oxygens (including phenoxy) is 1. The fourth-order valence-electron chi connectivity index (χ4n) is 2.16. The van der Waals surface area contributed by atoms with Crippen LogP contribution in [0.25, 0.3) is 0 Å². The van der Waals surface area contributed by atoms with Crippen molar-refractivity contribution in [2.75, 3.05) is 14.2 Å². The number of benzene rings is 1. The van der Waals surface area contributed by atoms with Crippen LogP contribution in [0, 0.1) is 12.3 Å². The van der Waals surface area contributed by atoms with Gasteiger partial charge in [-0.2, -0.15) is 0 Å². The first-order valence-corrected chi connectivity index (χ1v) is 6.69. The van der Waals surface area contributed by atoms with Crippen LogP contribution < -0.4 is 10.1 Å². The Morgan fingerprint density at radius 2 is 1.94 bits per heavy atom. The van der Waals surface area contributed by atoms with Crippen molar-refractivity contribution in [3.8, 4) is 5.75 Å². The van der Waals surface area contributed by atoms with Crippen LogP contribution in [0.1, 0.15) is 50.8 Å². The molecule has 0 amide bonds. The van der Waals surface area contributed by atoms with Crippen molar-refractivity contribution in [3.63, 3.8) is 0 Å². The normalized spacial score (nSPS) is 13.4. The molecule has 0 bridgehead atoms. The van der Waals surface area contributed by atoms with Crippen LogP contribution >= 0.6 is 0 Å². The van der Waals surface area contributed by atoms with E-state index in [1.54, 1.807) is 7.11 Å². The smallest absolute Gasteiger partial charge is 0.123 e. The van der Waals surface area contributed by atoms with Gasteiger partial charge in [0.25, 0.3) is 0 Å². The summed E-state index contributed by atoms with van der Waals surface area (Å²) in [6, 6.07) is 6.74. The molecular formula is C16H27NO. The molecule has 1 aromatic rings. The van der Waals surface area contributed by atoms with Gasteiger partial charge in [-0.25, -0.2) is 0 Å². The Balaban J connectivity index is 2.90. The molecule has 2 heteroatoms. The minimum Gasteiger partial charge on any atom is -0.496 e. The molecule has 1 unspecified atom stereocenters. The average molecular weight is 249 g/mol. The van der Waals surface area contributed by atoms with Gasteiger partial charge in [-0.1, -0.05) is 38.5 Å². The molecule has 1 aromatic carbocycles. The summed E-state index contributed by atoms with van der Waals surface area (Å²) in [5.41, 5.74) is 2.91. The summed E-state index contributed by atoms with van der Waals surface area (Å²) in [5.74, 6) is 0.980. The van der Waals surface area contributed by atoms with Gasteiger partial charge in [0.05, 0.1) is 7.11 Å². The molecule has 0 aromatic heterocycles. The second-order valence-corrected chi connectivity index (χ2v) is 6.19. The third-order valence-corrected chi connectivity index (χ3v) is 3.29. The van der Waals surface area contributed by atoms with E-state index in [4.69, 9.17) is 4.74 Å². The van der Waals surface area contributed by atoms with Crippen LogP contribution in [0.4, 0.5) is 0 Å². The van der Waals surface area contributed by atoms with Crippen molar-refractivity contribution in [1.29, 1.82) is 0 Å². The highest BCUT2D eigenvalue weighted by Gasteiger charge is 2.18. The molecule has 102 valence electrons. The van der Waals surface area contributed by atoms with Gasteiger partial charge in [-0.15, -0.1) is 0 Å². The monoisotopic (exact) mass is 249 g/mol. The molecule has 18 heavy (non-hydrogen) atoms. The fourth-order valence-corrected chi connectivity index (χ4v) is 2.16. The summed E-state index contributed by atoms with van der Waals surface area (Å²) < 4.78 is 5.48. The molecule has 1 N–H and O–H groups in total. The summed E-state index contributed by atoms with van der Waals surface area (Å²) in [5, 5.41) is 3.41. The zero-order valence-electron chi connectivity index (χ0n) is 12.6. The van der Waals surface area contributed by atoms with Crippen LogP contribution in [0.2, 0.25) is 0 Å². The lowest BCUT2D eigenvalue weighted by Gasteiger charge is -2.24. The number of rotatable bonds is 5. The van der Waals surface area contributed by atoms with Crippen LogP contribution in [-0.4, -0.2) is 14.2 Å². The molecule has 0 heterocycles. The second kappa shape index (κ2) is 6.24. The molecular weight excluding hydrogens is 222 g/mol. The summed E-state index contributed by atoms with van der Waals surface area (Å²) in [7, 11) is 3.76. The molecule has 0 radical (unpaired) electrons. The van der Waals surface area contributed by atoms with Crippen molar-refractivity contribution in [1.82, 2.24) is 5.32 Å². The first-order chi connectivity index (χ1) is 8.37. The van der Waals surface area contributed by atoms with Crippen LogP contribution in [0.5, 0.6) is 5.75 Å². The van der Waals surface area contributed by atoms with Gasteiger partial charge in [-0.05, 0) is 38.3 Å². The van der Waals surface area contributed by atoms with E-state index in [-0.39, 0.29) is 0 Å². The van der Waals surface area contributed by atoms with Crippen molar-refractivity contribution < 1.29 is 4.74 Å². The first kappa shape index (κ1) is 15.0. The molecule has 0 aliphatic carbocycles. The standard InChI is InChI=1S/C16H27NO/c1-12-7-8-15(18-6)13(11-12)14(17-5)9-10-16(2,3)4/h7-8,11,14,17H,9-10H2,1-6H3. The lowest BCUT2D eigenvalue weighted by Crippen LogP contribution is -2.19. The van der Waals surface area contributed by atoms with Gasteiger partial charge in [0, 0.05) is 11.6 Å². The van der Waals surface area contributed by atoms with E-state index in [0.717, 1.165) is 12.2 Å². The SMILES string of the molecule is CNC(CCC(C)(C)C)c1cc(C)ccc1OC. The Labute approximate surface area is 112 Å². The summed E-state index contributed by atoms with van der Waals surface area (Å²) >= 11 is 0. The van der Waals surface area contributed by atoms with Crippen molar-refractivity contribution in [2.24, 2.45) is 5.41 Å². The Morgan fingerprint density at radius 1 is 1.28 bits per heavy atom. The van der Waals surface area contributed by atoms with Crippen molar-refractivity contribution >= 4 is 0 Å². The molecule has 0 saturated carbocycles. The predicted octanol–water partition coefficient (Wildman–Crippen LogP) is 4.09. The summed E-state index contributed by atoms with van der Waals surface area (Å²) in [4.78, 5) is 0. The predicted molar refractivity (Wildman–Crippen MR) is 78.2 cm³/mol. The maximum Gasteiger partial charge on any atom is 0.123 e. The van der Waals surface area contributed by atoms with Crippen LogP contribution in [0.15, 0.2) is 18.2 Å². The Kier molecular flexibility index (Phi) is 5.21. The maximum atomic E-state index is 5.48. The molecule has 1 atom stereocenters. The minimum absolute atomic E-state index is 0.360. The van der Waals surface area contributed by atoms with E-state index in [0.29, 0.717) is 11.5 Å². The van der Waals surface area contributed by atoms with Crippen LogP contribution in [0.3, 0.4) is 0 Å². The lowest BCUT2D eigenvalue weighted by molar-refractivity contribution is 0.332. The average Bonchev–Trinajstić information content (AvgIpc) is 2.28. The number of aryl methyl sites for hydroxylation is 1. The van der Waals surface area contributed by atoms with E-state index < -0.39 is 0 Å². The molecule has 2 nitrogen and oxygen atoms in total. The number of hydrogen-bond acceptors (Lipinski definition) is 2. The fraction of sp³-hybridized carbons (Fsp3) is 0.625. The highest BCUT2D eigenvalue weighted by atomic mass is 16.5. The largest absolute Gasteiger partial charge is 0.496 e. The van der Waals surface area contributed by atoms with Crippen molar-refractivity contribution in [3.05, 3.63) is 29.3 Å². The summed E-state index contributed by atoms with van der Waals surface area (Å²) in [6.45, 7) is 8.98. The van der Waals surface area contributed by atoms with E-state index >= 15 is 0 Å². The number of nitrogens with one attached hydrogen (secondary N) is 1. The Hall–Kier alpha value is -1.02. The first-order valence-electron chi connectivity index (χ1n) is 6.69. The van der Waals surface area contributed by atoms with Gasteiger partial charge < -0.3 is 10.1 Å². The van der Waals surface area contributed by atoms with Gasteiger partial charge in [0.2, 0.25) is 0 Å². The van der Waals surface area contributed by atoms with E-state index in [2.05, 4.69) is 51.2 Å². The quantitative estimate of drug-likeness (QED) is 0.848. The van der Waals surface area contributed by atoms with Gasteiger partial charge in [-0.3, -0.25) is 0 Å². The topological polar surface area (TPSA) is 21.3 Å². The molecule has 0 saturated heterocycles. The highest BCUT2D eigenvalue weighted by molar-refractivity contribution is 5.39. The van der Waals surface area contributed by atoms with E-state index in [1.165, 1.54) is 17.5 Å². The lowest BCUT2D eigenvalue weighted by atomic mass is 9.87. The third kappa shape index (κ3) is 4.34. The number of hydrogen-bond donors (Lipinski definition) is 1. The Bertz CT molecular complexity index is 379. The van der Waals surface area contributed by atoms with Gasteiger partial charge in [0.1, 0.15) is 5.75 Å². The molecule has 0 aliphatic heterocycles. The minimum atomic E-state index is 0.360. The highest BCUT2D eigenvalue weighted by Crippen LogP contribution is 2.32. The second-order valence-electron chi connectivity index (χ2n) is 6.19. The molecule has 0 spiro atoms. The van der Waals surface area contributed by atoms with Gasteiger partial charge in [0.15, 0.2) is 0 Å². The zero-order chi connectivity index (χ0) is 13.8. The van der Waals surface area contributed by atoms with Gasteiger partial charge >= 0.3 is 0 Å². The molecule has 1 rings (SSSR count). The molecule has 0 fully saturated rings. The Morgan fingerprint density at radius 3 is 2.44 bits per heavy atom.